The number of ketones is 1. The zero-order chi connectivity index (χ0) is 15.2. The van der Waals surface area contributed by atoms with Crippen LogP contribution >= 0.6 is 0 Å². The van der Waals surface area contributed by atoms with Crippen molar-refractivity contribution in [1.82, 2.24) is 0 Å². The Morgan fingerprint density at radius 1 is 1.10 bits per heavy atom. The van der Waals surface area contributed by atoms with E-state index in [1.807, 2.05) is 30.3 Å². The summed E-state index contributed by atoms with van der Waals surface area (Å²) < 4.78 is 4.69. The van der Waals surface area contributed by atoms with E-state index >= 15 is 0 Å². The standard InChI is InChI=1S/C17H17NO3/c1-18-15-9-8-13(17(20)21-2)11-14(15)16(19)10-12-6-4-3-5-7-12/h3-9,11,18H,10H2,1-2H3. The van der Waals surface area contributed by atoms with Gasteiger partial charge in [-0.2, -0.15) is 0 Å². The average Bonchev–Trinajstić information content (AvgIpc) is 2.54. The SMILES string of the molecule is CNc1ccc(C(=O)OC)cc1C(=O)Cc1ccccc1. The Bertz CT molecular complexity index is 650. The topological polar surface area (TPSA) is 55.4 Å². The molecule has 0 aliphatic carbocycles. The zero-order valence-electron chi connectivity index (χ0n) is 12.1. The molecule has 0 bridgehead atoms. The molecule has 0 spiro atoms. The molecule has 0 radical (unpaired) electrons. The van der Waals surface area contributed by atoms with Crippen LogP contribution in [0.5, 0.6) is 0 Å². The highest BCUT2D eigenvalue weighted by molar-refractivity contribution is 6.04. The van der Waals surface area contributed by atoms with Gasteiger partial charge in [-0.05, 0) is 23.8 Å². The van der Waals surface area contributed by atoms with Crippen LogP contribution in [-0.4, -0.2) is 25.9 Å². The van der Waals surface area contributed by atoms with Crippen molar-refractivity contribution < 1.29 is 14.3 Å². The van der Waals surface area contributed by atoms with E-state index in [1.165, 1.54) is 7.11 Å². The number of carbonyl (C=O) groups is 2. The summed E-state index contributed by atoms with van der Waals surface area (Å²) in [5, 5.41) is 2.97. The van der Waals surface area contributed by atoms with Crippen molar-refractivity contribution in [3.05, 3.63) is 65.2 Å². The van der Waals surface area contributed by atoms with Gasteiger partial charge in [0, 0.05) is 24.7 Å². The summed E-state index contributed by atoms with van der Waals surface area (Å²) in [6, 6.07) is 14.4. The fraction of sp³-hybridized carbons (Fsp3) is 0.176. The van der Waals surface area contributed by atoms with Crippen LogP contribution < -0.4 is 5.32 Å². The number of esters is 1. The Balaban J connectivity index is 2.32. The third-order valence-electron chi connectivity index (χ3n) is 3.22. The molecule has 0 fully saturated rings. The second-order valence-electron chi connectivity index (χ2n) is 4.59. The number of nitrogens with one attached hydrogen (secondary N) is 1. The molecule has 2 aromatic rings. The summed E-state index contributed by atoms with van der Waals surface area (Å²) in [7, 11) is 3.06. The number of methoxy groups -OCH3 is 1. The van der Waals surface area contributed by atoms with E-state index in [1.54, 1.807) is 25.2 Å². The molecule has 2 rings (SSSR count). The normalized spacial score (nSPS) is 10.0. The molecule has 0 saturated heterocycles. The van der Waals surface area contributed by atoms with Gasteiger partial charge in [0.15, 0.2) is 5.78 Å². The van der Waals surface area contributed by atoms with Crippen molar-refractivity contribution in [2.75, 3.05) is 19.5 Å². The number of hydrogen-bond donors (Lipinski definition) is 1. The Morgan fingerprint density at radius 3 is 2.43 bits per heavy atom. The lowest BCUT2D eigenvalue weighted by Gasteiger charge is -2.10. The van der Waals surface area contributed by atoms with Gasteiger partial charge in [0.25, 0.3) is 0 Å². The van der Waals surface area contributed by atoms with E-state index in [9.17, 15) is 9.59 Å². The van der Waals surface area contributed by atoms with Crippen LogP contribution in [0.3, 0.4) is 0 Å². The van der Waals surface area contributed by atoms with Crippen molar-refractivity contribution in [3.63, 3.8) is 0 Å². The number of ether oxygens (including phenoxy) is 1. The maximum absolute atomic E-state index is 12.5. The first-order valence-electron chi connectivity index (χ1n) is 6.63. The van der Waals surface area contributed by atoms with Crippen LogP contribution in [0.2, 0.25) is 0 Å². The van der Waals surface area contributed by atoms with Gasteiger partial charge in [0.1, 0.15) is 0 Å². The molecule has 1 N–H and O–H groups in total. The van der Waals surface area contributed by atoms with Crippen LogP contribution in [-0.2, 0) is 11.2 Å². The summed E-state index contributed by atoms with van der Waals surface area (Å²) in [5.41, 5.74) is 2.49. The Labute approximate surface area is 123 Å². The van der Waals surface area contributed by atoms with Crippen LogP contribution in [0.25, 0.3) is 0 Å². The second kappa shape index (κ2) is 6.70. The van der Waals surface area contributed by atoms with Crippen molar-refractivity contribution in [3.8, 4) is 0 Å². The highest BCUT2D eigenvalue weighted by Crippen LogP contribution is 2.20. The minimum absolute atomic E-state index is 0.0451. The van der Waals surface area contributed by atoms with E-state index in [0.717, 1.165) is 5.56 Å². The largest absolute Gasteiger partial charge is 0.465 e. The molecule has 0 aliphatic rings. The smallest absolute Gasteiger partial charge is 0.337 e. The molecule has 21 heavy (non-hydrogen) atoms. The minimum Gasteiger partial charge on any atom is -0.465 e. The second-order valence-corrected chi connectivity index (χ2v) is 4.59. The van der Waals surface area contributed by atoms with E-state index < -0.39 is 5.97 Å². The maximum Gasteiger partial charge on any atom is 0.337 e. The average molecular weight is 283 g/mol. The number of rotatable bonds is 5. The van der Waals surface area contributed by atoms with Crippen molar-refractivity contribution >= 4 is 17.4 Å². The number of anilines is 1. The summed E-state index contributed by atoms with van der Waals surface area (Å²) in [5.74, 6) is -0.497. The lowest BCUT2D eigenvalue weighted by molar-refractivity contribution is 0.0601. The Kier molecular flexibility index (Phi) is 4.72. The van der Waals surface area contributed by atoms with E-state index in [0.29, 0.717) is 23.2 Å². The summed E-state index contributed by atoms with van der Waals surface area (Å²) >= 11 is 0. The fourth-order valence-electron chi connectivity index (χ4n) is 2.11. The summed E-state index contributed by atoms with van der Waals surface area (Å²) in [6.07, 6.45) is 0.292. The van der Waals surface area contributed by atoms with Crippen LogP contribution in [0.4, 0.5) is 5.69 Å². The Hall–Kier alpha value is -2.62. The molecule has 4 heteroatoms. The molecule has 0 aliphatic heterocycles. The van der Waals surface area contributed by atoms with Crippen LogP contribution in [0, 0.1) is 0 Å². The molecule has 0 aromatic heterocycles. The van der Waals surface area contributed by atoms with Gasteiger partial charge < -0.3 is 10.1 Å². The number of benzene rings is 2. The lowest BCUT2D eigenvalue weighted by atomic mass is 9.99. The third kappa shape index (κ3) is 3.48. The Morgan fingerprint density at radius 2 is 1.81 bits per heavy atom. The van der Waals surface area contributed by atoms with E-state index in [-0.39, 0.29) is 5.78 Å². The summed E-state index contributed by atoms with van der Waals surface area (Å²) in [6.45, 7) is 0. The third-order valence-corrected chi connectivity index (χ3v) is 3.22. The van der Waals surface area contributed by atoms with E-state index in [4.69, 9.17) is 4.74 Å². The van der Waals surface area contributed by atoms with Gasteiger partial charge in [0.05, 0.1) is 12.7 Å². The predicted molar refractivity (Wildman–Crippen MR) is 81.8 cm³/mol. The number of Topliss-reactive ketones (excluding diaryl/α,β-unsaturated/α-hetero) is 1. The van der Waals surface area contributed by atoms with Crippen LogP contribution in [0.15, 0.2) is 48.5 Å². The van der Waals surface area contributed by atoms with Gasteiger partial charge in [-0.1, -0.05) is 30.3 Å². The molecule has 0 saturated carbocycles. The molecular weight excluding hydrogens is 266 g/mol. The van der Waals surface area contributed by atoms with Gasteiger partial charge in [-0.15, -0.1) is 0 Å². The van der Waals surface area contributed by atoms with Gasteiger partial charge >= 0.3 is 5.97 Å². The first-order chi connectivity index (χ1) is 10.2. The molecule has 0 heterocycles. The quantitative estimate of drug-likeness (QED) is 0.677. The lowest BCUT2D eigenvalue weighted by Crippen LogP contribution is -2.10. The van der Waals surface area contributed by atoms with Crippen molar-refractivity contribution in [2.45, 2.75) is 6.42 Å². The molecule has 4 nitrogen and oxygen atoms in total. The highest BCUT2D eigenvalue weighted by atomic mass is 16.5. The monoisotopic (exact) mass is 283 g/mol. The van der Waals surface area contributed by atoms with Gasteiger partial charge in [0.2, 0.25) is 0 Å². The maximum atomic E-state index is 12.5. The fourth-order valence-corrected chi connectivity index (χ4v) is 2.11. The zero-order valence-corrected chi connectivity index (χ0v) is 12.1. The molecule has 2 aromatic carbocycles. The van der Waals surface area contributed by atoms with Crippen molar-refractivity contribution in [2.24, 2.45) is 0 Å². The predicted octanol–water partition coefficient (Wildman–Crippen LogP) is 2.94. The number of carbonyl (C=O) groups excluding carboxylic acids is 2. The highest BCUT2D eigenvalue weighted by Gasteiger charge is 2.15. The molecular formula is C17H17NO3. The minimum atomic E-state index is -0.452. The number of hydrogen-bond acceptors (Lipinski definition) is 4. The molecule has 0 amide bonds. The van der Waals surface area contributed by atoms with Crippen molar-refractivity contribution in [1.29, 1.82) is 0 Å². The van der Waals surface area contributed by atoms with E-state index in [2.05, 4.69) is 5.32 Å². The van der Waals surface area contributed by atoms with Gasteiger partial charge in [-0.3, -0.25) is 4.79 Å². The van der Waals surface area contributed by atoms with Crippen LogP contribution in [0.1, 0.15) is 26.3 Å². The van der Waals surface area contributed by atoms with Gasteiger partial charge in [-0.25, -0.2) is 4.79 Å². The first kappa shape index (κ1) is 14.8. The first-order valence-corrected chi connectivity index (χ1v) is 6.63. The molecule has 0 atom stereocenters. The molecule has 108 valence electrons. The molecule has 0 unspecified atom stereocenters. The summed E-state index contributed by atoms with van der Waals surface area (Å²) in [4.78, 5) is 24.1.